The molecule has 1 saturated carbocycles. The third-order valence-electron chi connectivity index (χ3n) is 5.19. The number of fused-ring (bicyclic) bond motifs is 1. The predicted molar refractivity (Wildman–Crippen MR) is 102 cm³/mol. The molecule has 28 heavy (non-hydrogen) atoms. The van der Waals surface area contributed by atoms with Crippen molar-refractivity contribution >= 4 is 29.4 Å². The number of anilines is 1. The lowest BCUT2D eigenvalue weighted by molar-refractivity contribution is -0.155. The summed E-state index contributed by atoms with van der Waals surface area (Å²) < 4.78 is 5.17. The lowest BCUT2D eigenvalue weighted by Gasteiger charge is -2.35. The van der Waals surface area contributed by atoms with Gasteiger partial charge in [-0.3, -0.25) is 14.4 Å². The molecule has 3 N–H and O–H groups in total. The van der Waals surface area contributed by atoms with Crippen molar-refractivity contribution in [2.24, 2.45) is 0 Å². The van der Waals surface area contributed by atoms with Gasteiger partial charge in [-0.05, 0) is 31.9 Å². The standard InChI is InChI=1S/C20H25N3O5/c1-2-28-19(27)20(10-6-3-7-11-20)23-16(24)12-15-18(26)21-14-9-5-4-8-13(14)17(25)22-15/h4-5,8-9,15H,2-3,6-7,10-12H2,1H3,(H,21,26)(H,22,25)(H,23,24)/t15-/m0/s1. The molecular formula is C20H25N3O5. The lowest BCUT2D eigenvalue weighted by atomic mass is 9.81. The smallest absolute Gasteiger partial charge is 0.331 e. The van der Waals surface area contributed by atoms with E-state index in [0.29, 0.717) is 24.1 Å². The molecule has 8 heteroatoms. The monoisotopic (exact) mass is 387 g/mol. The van der Waals surface area contributed by atoms with Crippen molar-refractivity contribution in [3.05, 3.63) is 29.8 Å². The van der Waals surface area contributed by atoms with Gasteiger partial charge in [-0.2, -0.15) is 0 Å². The molecule has 3 amide bonds. The van der Waals surface area contributed by atoms with Crippen molar-refractivity contribution in [2.75, 3.05) is 11.9 Å². The van der Waals surface area contributed by atoms with Gasteiger partial charge in [0.05, 0.1) is 24.3 Å². The molecule has 0 aromatic heterocycles. The van der Waals surface area contributed by atoms with Crippen molar-refractivity contribution in [1.82, 2.24) is 10.6 Å². The first-order chi connectivity index (χ1) is 13.4. The molecule has 1 aliphatic heterocycles. The molecule has 0 spiro atoms. The minimum Gasteiger partial charge on any atom is -0.464 e. The van der Waals surface area contributed by atoms with E-state index in [4.69, 9.17) is 4.74 Å². The van der Waals surface area contributed by atoms with Gasteiger partial charge in [-0.25, -0.2) is 4.79 Å². The van der Waals surface area contributed by atoms with E-state index < -0.39 is 35.3 Å². The van der Waals surface area contributed by atoms with Gasteiger partial charge >= 0.3 is 5.97 Å². The highest BCUT2D eigenvalue weighted by atomic mass is 16.5. The molecule has 0 unspecified atom stereocenters. The molecule has 0 radical (unpaired) electrons. The van der Waals surface area contributed by atoms with Crippen LogP contribution in [-0.4, -0.2) is 41.9 Å². The average molecular weight is 387 g/mol. The molecule has 1 aromatic rings. The summed E-state index contributed by atoms with van der Waals surface area (Å²) in [6.07, 6.45) is 3.38. The maximum atomic E-state index is 12.7. The van der Waals surface area contributed by atoms with Crippen LogP contribution < -0.4 is 16.0 Å². The van der Waals surface area contributed by atoms with Crippen LogP contribution in [0.4, 0.5) is 5.69 Å². The highest BCUT2D eigenvalue weighted by Crippen LogP contribution is 2.30. The highest BCUT2D eigenvalue weighted by Gasteiger charge is 2.43. The van der Waals surface area contributed by atoms with Crippen LogP contribution in [0.1, 0.15) is 55.8 Å². The van der Waals surface area contributed by atoms with E-state index in [2.05, 4.69) is 16.0 Å². The number of para-hydroxylation sites is 1. The van der Waals surface area contributed by atoms with E-state index in [-0.39, 0.29) is 13.0 Å². The molecule has 0 bridgehead atoms. The molecule has 1 fully saturated rings. The van der Waals surface area contributed by atoms with E-state index in [1.807, 2.05) is 0 Å². The normalized spacial score (nSPS) is 20.8. The molecule has 1 aliphatic carbocycles. The topological polar surface area (TPSA) is 114 Å². The second-order valence-electron chi connectivity index (χ2n) is 7.18. The summed E-state index contributed by atoms with van der Waals surface area (Å²) in [7, 11) is 0. The zero-order valence-corrected chi connectivity index (χ0v) is 15.9. The fraction of sp³-hybridized carbons (Fsp3) is 0.500. The first-order valence-corrected chi connectivity index (χ1v) is 9.64. The fourth-order valence-electron chi connectivity index (χ4n) is 3.76. The van der Waals surface area contributed by atoms with Crippen LogP contribution in [-0.2, 0) is 19.1 Å². The zero-order chi connectivity index (χ0) is 20.1. The number of carbonyl (C=O) groups is 4. The molecule has 150 valence electrons. The van der Waals surface area contributed by atoms with Gasteiger partial charge in [0.2, 0.25) is 11.8 Å². The summed E-state index contributed by atoms with van der Waals surface area (Å²) in [6.45, 7) is 1.95. The minimum absolute atomic E-state index is 0.232. The van der Waals surface area contributed by atoms with E-state index in [1.165, 1.54) is 0 Å². The SMILES string of the molecule is CCOC(=O)C1(NC(=O)C[C@@H]2NC(=O)c3ccccc3NC2=O)CCCCC1. The van der Waals surface area contributed by atoms with Crippen molar-refractivity contribution in [3.63, 3.8) is 0 Å². The van der Waals surface area contributed by atoms with Crippen LogP contribution >= 0.6 is 0 Å². The Morgan fingerprint density at radius 1 is 1.18 bits per heavy atom. The summed E-state index contributed by atoms with van der Waals surface area (Å²) in [4.78, 5) is 50.0. The molecule has 1 heterocycles. The molecule has 1 atom stereocenters. The Kier molecular flexibility index (Phi) is 5.96. The van der Waals surface area contributed by atoms with Crippen LogP contribution in [0.25, 0.3) is 0 Å². The largest absolute Gasteiger partial charge is 0.464 e. The Morgan fingerprint density at radius 2 is 1.89 bits per heavy atom. The van der Waals surface area contributed by atoms with E-state index in [9.17, 15) is 19.2 Å². The Bertz CT molecular complexity index is 786. The Hall–Kier alpha value is -2.90. The van der Waals surface area contributed by atoms with Gasteiger partial charge < -0.3 is 20.7 Å². The number of ether oxygens (including phenoxy) is 1. The van der Waals surface area contributed by atoms with Gasteiger partial charge in [0.15, 0.2) is 0 Å². The van der Waals surface area contributed by atoms with E-state index in [0.717, 1.165) is 19.3 Å². The maximum Gasteiger partial charge on any atom is 0.331 e. The summed E-state index contributed by atoms with van der Waals surface area (Å²) in [5.74, 6) is -1.81. The third-order valence-corrected chi connectivity index (χ3v) is 5.19. The first kappa shape index (κ1) is 19.9. The quantitative estimate of drug-likeness (QED) is 0.663. The maximum absolute atomic E-state index is 12.7. The van der Waals surface area contributed by atoms with Gasteiger partial charge in [0.25, 0.3) is 5.91 Å². The van der Waals surface area contributed by atoms with Crippen molar-refractivity contribution < 1.29 is 23.9 Å². The Labute approximate surface area is 163 Å². The fourth-order valence-corrected chi connectivity index (χ4v) is 3.76. The Morgan fingerprint density at radius 3 is 2.61 bits per heavy atom. The number of esters is 1. The third kappa shape index (κ3) is 4.16. The second-order valence-corrected chi connectivity index (χ2v) is 7.18. The van der Waals surface area contributed by atoms with Gasteiger partial charge in [0.1, 0.15) is 11.6 Å². The highest BCUT2D eigenvalue weighted by molar-refractivity contribution is 6.10. The van der Waals surface area contributed by atoms with E-state index in [1.54, 1.807) is 31.2 Å². The van der Waals surface area contributed by atoms with E-state index >= 15 is 0 Å². The van der Waals surface area contributed by atoms with Crippen molar-refractivity contribution in [2.45, 2.75) is 57.0 Å². The molecule has 8 nitrogen and oxygen atoms in total. The molecule has 0 saturated heterocycles. The van der Waals surface area contributed by atoms with Crippen LogP contribution in [0.3, 0.4) is 0 Å². The van der Waals surface area contributed by atoms with Crippen molar-refractivity contribution in [3.8, 4) is 0 Å². The number of hydrogen-bond donors (Lipinski definition) is 3. The number of amides is 3. The Balaban J connectivity index is 1.70. The van der Waals surface area contributed by atoms with Crippen LogP contribution in [0.5, 0.6) is 0 Å². The summed E-state index contributed by atoms with van der Waals surface area (Å²) in [5, 5.41) is 8.06. The van der Waals surface area contributed by atoms with Crippen LogP contribution in [0, 0.1) is 0 Å². The molecular weight excluding hydrogens is 362 g/mol. The first-order valence-electron chi connectivity index (χ1n) is 9.64. The van der Waals surface area contributed by atoms with Gasteiger partial charge in [0, 0.05) is 0 Å². The lowest BCUT2D eigenvalue weighted by Crippen LogP contribution is -2.57. The van der Waals surface area contributed by atoms with Gasteiger partial charge in [-0.15, -0.1) is 0 Å². The number of benzene rings is 1. The summed E-state index contributed by atoms with van der Waals surface area (Å²) in [6, 6.07) is 5.62. The average Bonchev–Trinajstić information content (AvgIpc) is 2.79. The summed E-state index contributed by atoms with van der Waals surface area (Å²) in [5.41, 5.74) is -0.309. The zero-order valence-electron chi connectivity index (χ0n) is 15.9. The molecule has 1 aromatic carbocycles. The van der Waals surface area contributed by atoms with Crippen LogP contribution in [0.15, 0.2) is 24.3 Å². The number of rotatable bonds is 5. The second kappa shape index (κ2) is 8.41. The minimum atomic E-state index is -1.06. The summed E-state index contributed by atoms with van der Waals surface area (Å²) >= 11 is 0. The van der Waals surface area contributed by atoms with Crippen LogP contribution in [0.2, 0.25) is 0 Å². The van der Waals surface area contributed by atoms with Gasteiger partial charge in [-0.1, -0.05) is 31.4 Å². The number of hydrogen-bond acceptors (Lipinski definition) is 5. The molecule has 3 rings (SSSR count). The molecule has 2 aliphatic rings. The van der Waals surface area contributed by atoms with Crippen molar-refractivity contribution in [1.29, 1.82) is 0 Å². The number of nitrogens with one attached hydrogen (secondary N) is 3. The predicted octanol–water partition coefficient (Wildman–Crippen LogP) is 1.51. The number of carbonyl (C=O) groups excluding carboxylic acids is 4.